The Morgan fingerprint density at radius 2 is 2.09 bits per heavy atom. The van der Waals surface area contributed by atoms with Crippen LogP contribution in [0.3, 0.4) is 0 Å². The maximum Gasteiger partial charge on any atom is 0.112 e. The normalized spacial score (nSPS) is 25.4. The van der Waals surface area contributed by atoms with Crippen LogP contribution >= 0.6 is 0 Å². The molecule has 1 aromatic carbocycles. The van der Waals surface area contributed by atoms with E-state index in [1.165, 1.54) is 0 Å². The predicted molar refractivity (Wildman–Crippen MR) is 94.6 cm³/mol. The van der Waals surface area contributed by atoms with Gasteiger partial charge in [-0.25, -0.2) is 0 Å². The molecule has 0 amide bonds. The lowest BCUT2D eigenvalue weighted by Crippen LogP contribution is -2.34. The number of para-hydroxylation sites is 1. The van der Waals surface area contributed by atoms with Gasteiger partial charge in [0, 0.05) is 22.6 Å². The number of oxime groups is 1. The molecule has 4 heteroatoms. The highest BCUT2D eigenvalue weighted by Crippen LogP contribution is 2.39. The fourth-order valence-electron chi connectivity index (χ4n) is 3.29. The largest absolute Gasteiger partial charge is 0.411 e. The molecule has 1 aromatic rings. The lowest BCUT2D eigenvalue weighted by Gasteiger charge is -2.22. The van der Waals surface area contributed by atoms with Gasteiger partial charge in [-0.05, 0) is 25.5 Å². The molecule has 0 spiro atoms. The van der Waals surface area contributed by atoms with E-state index in [2.05, 4.69) is 35.0 Å². The van der Waals surface area contributed by atoms with E-state index >= 15 is 0 Å². The zero-order valence-corrected chi connectivity index (χ0v) is 13.4. The minimum atomic E-state index is -0.154. The van der Waals surface area contributed by atoms with Crippen molar-refractivity contribution >= 4 is 11.4 Å². The fraction of sp³-hybridized carbons (Fsp3) is 0.211. The van der Waals surface area contributed by atoms with Gasteiger partial charge < -0.3 is 15.8 Å². The monoisotopic (exact) mass is 307 g/mol. The number of anilines is 1. The van der Waals surface area contributed by atoms with Crippen LogP contribution in [0.15, 0.2) is 77.3 Å². The first kappa shape index (κ1) is 15.2. The average molecular weight is 307 g/mol. The van der Waals surface area contributed by atoms with Crippen LogP contribution in [0.4, 0.5) is 5.69 Å². The summed E-state index contributed by atoms with van der Waals surface area (Å²) >= 11 is 0. The Labute approximate surface area is 136 Å². The van der Waals surface area contributed by atoms with Gasteiger partial charge in [0.15, 0.2) is 0 Å². The smallest absolute Gasteiger partial charge is 0.112 e. The van der Waals surface area contributed by atoms with E-state index < -0.39 is 0 Å². The van der Waals surface area contributed by atoms with E-state index in [-0.39, 0.29) is 12.0 Å². The third-order valence-electron chi connectivity index (χ3n) is 4.45. The number of fused-ring (bicyclic) bond motifs is 1. The van der Waals surface area contributed by atoms with E-state index in [0.717, 1.165) is 33.8 Å². The Morgan fingerprint density at radius 1 is 1.35 bits per heavy atom. The molecule has 2 aliphatic rings. The molecule has 0 aliphatic carbocycles. The lowest BCUT2D eigenvalue weighted by atomic mass is 9.86. The molecule has 0 saturated heterocycles. The number of nitrogens with one attached hydrogen (secondary N) is 2. The first-order chi connectivity index (χ1) is 11.1. The summed E-state index contributed by atoms with van der Waals surface area (Å²) in [7, 11) is 0. The highest BCUT2D eigenvalue weighted by molar-refractivity contribution is 6.14. The van der Waals surface area contributed by atoms with Crippen molar-refractivity contribution in [2.45, 2.75) is 19.9 Å². The molecule has 118 valence electrons. The predicted octanol–water partition coefficient (Wildman–Crippen LogP) is 3.80. The molecule has 2 heterocycles. The van der Waals surface area contributed by atoms with Crippen molar-refractivity contribution in [3.05, 3.63) is 77.7 Å². The molecule has 3 rings (SSSR count). The van der Waals surface area contributed by atoms with Crippen LogP contribution in [0, 0.1) is 5.92 Å². The fourth-order valence-corrected chi connectivity index (χ4v) is 3.29. The van der Waals surface area contributed by atoms with Crippen LogP contribution in [0.25, 0.3) is 0 Å². The van der Waals surface area contributed by atoms with Crippen molar-refractivity contribution in [1.29, 1.82) is 0 Å². The zero-order valence-electron chi connectivity index (χ0n) is 13.4. The minimum absolute atomic E-state index is 0.0109. The highest BCUT2D eigenvalue weighted by atomic mass is 16.4. The summed E-state index contributed by atoms with van der Waals surface area (Å²) in [4.78, 5) is 0. The Morgan fingerprint density at radius 3 is 2.78 bits per heavy atom. The van der Waals surface area contributed by atoms with Crippen LogP contribution in [0.5, 0.6) is 0 Å². The van der Waals surface area contributed by atoms with Crippen molar-refractivity contribution in [1.82, 2.24) is 5.32 Å². The van der Waals surface area contributed by atoms with Gasteiger partial charge in [0.2, 0.25) is 0 Å². The molecule has 23 heavy (non-hydrogen) atoms. The molecule has 2 unspecified atom stereocenters. The lowest BCUT2D eigenvalue weighted by molar-refractivity contribution is 0.317. The number of hydrogen-bond acceptors (Lipinski definition) is 4. The standard InChI is InChI=1S/C19H21N3O/c1-5-11(2)10-15-12(3)20-13(4)17(15)19-18(22-23)14-8-6-7-9-16(14)21-19/h5-10,17,19-21,23H,1,4H2,2-3H3/b11-10-,22-18+. The SMILES string of the molecule is C=C/C(C)=C\C1=C(C)NC(=C)C1C1Nc2ccccc2/C1=N\O. The van der Waals surface area contributed by atoms with Gasteiger partial charge in [0.1, 0.15) is 5.71 Å². The maximum absolute atomic E-state index is 9.56. The number of nitrogens with zero attached hydrogens (tertiary/aromatic N) is 1. The van der Waals surface area contributed by atoms with E-state index in [1.54, 1.807) is 0 Å². The van der Waals surface area contributed by atoms with Crippen LogP contribution in [-0.4, -0.2) is 17.0 Å². The number of benzene rings is 1. The Kier molecular flexibility index (Phi) is 3.82. The second kappa shape index (κ2) is 5.80. The summed E-state index contributed by atoms with van der Waals surface area (Å²) in [5.74, 6) is -0.0109. The third-order valence-corrected chi connectivity index (χ3v) is 4.45. The number of hydrogen-bond donors (Lipinski definition) is 3. The molecule has 0 bridgehead atoms. The number of rotatable bonds is 3. The summed E-state index contributed by atoms with van der Waals surface area (Å²) in [6, 6.07) is 7.71. The quantitative estimate of drug-likeness (QED) is 0.452. The summed E-state index contributed by atoms with van der Waals surface area (Å²) in [5, 5.41) is 19.9. The van der Waals surface area contributed by atoms with E-state index in [1.807, 2.05) is 44.2 Å². The first-order valence-electron chi connectivity index (χ1n) is 7.62. The topological polar surface area (TPSA) is 56.7 Å². The van der Waals surface area contributed by atoms with Crippen LogP contribution in [0.1, 0.15) is 19.4 Å². The van der Waals surface area contributed by atoms with Gasteiger partial charge in [-0.3, -0.25) is 0 Å². The van der Waals surface area contributed by atoms with Crippen molar-refractivity contribution in [3.63, 3.8) is 0 Å². The summed E-state index contributed by atoms with van der Waals surface area (Å²) < 4.78 is 0. The van der Waals surface area contributed by atoms with Gasteiger partial charge in [0.25, 0.3) is 0 Å². The van der Waals surface area contributed by atoms with Crippen molar-refractivity contribution in [2.75, 3.05) is 5.32 Å². The van der Waals surface area contributed by atoms with Crippen molar-refractivity contribution < 1.29 is 5.21 Å². The average Bonchev–Trinajstić information content (AvgIpc) is 3.04. The first-order valence-corrected chi connectivity index (χ1v) is 7.62. The molecule has 0 aromatic heterocycles. The van der Waals surface area contributed by atoms with Crippen LogP contribution in [0.2, 0.25) is 0 Å². The summed E-state index contributed by atoms with van der Waals surface area (Å²) in [6.07, 6.45) is 3.94. The van der Waals surface area contributed by atoms with Crippen molar-refractivity contribution in [2.24, 2.45) is 11.1 Å². The second-order valence-electron chi connectivity index (χ2n) is 5.95. The van der Waals surface area contributed by atoms with Gasteiger partial charge in [-0.15, -0.1) is 0 Å². The minimum Gasteiger partial charge on any atom is -0.411 e. The Balaban J connectivity index is 2.04. The molecule has 2 atom stereocenters. The van der Waals surface area contributed by atoms with Crippen LogP contribution < -0.4 is 10.6 Å². The zero-order chi connectivity index (χ0) is 16.6. The molecule has 0 radical (unpaired) electrons. The second-order valence-corrected chi connectivity index (χ2v) is 5.95. The van der Waals surface area contributed by atoms with E-state index in [0.29, 0.717) is 5.71 Å². The van der Waals surface area contributed by atoms with Gasteiger partial charge >= 0.3 is 0 Å². The Bertz CT molecular complexity index is 771. The summed E-state index contributed by atoms with van der Waals surface area (Å²) in [6.45, 7) is 12.0. The van der Waals surface area contributed by atoms with Gasteiger partial charge in [-0.2, -0.15) is 0 Å². The van der Waals surface area contributed by atoms with Gasteiger partial charge in [0.05, 0.1) is 12.0 Å². The van der Waals surface area contributed by atoms with Crippen LogP contribution in [-0.2, 0) is 0 Å². The molecular formula is C19H21N3O. The third kappa shape index (κ3) is 2.46. The molecule has 0 saturated carbocycles. The molecule has 4 nitrogen and oxygen atoms in total. The molecule has 0 fully saturated rings. The molecular weight excluding hydrogens is 286 g/mol. The Hall–Kier alpha value is -2.75. The highest BCUT2D eigenvalue weighted by Gasteiger charge is 2.40. The molecule has 3 N–H and O–H groups in total. The van der Waals surface area contributed by atoms with Crippen molar-refractivity contribution in [3.8, 4) is 0 Å². The molecule has 2 aliphatic heterocycles. The van der Waals surface area contributed by atoms with Gasteiger partial charge in [-0.1, -0.05) is 54.2 Å². The summed E-state index contributed by atoms with van der Waals surface area (Å²) in [5.41, 5.74) is 6.74. The maximum atomic E-state index is 9.56. The van der Waals surface area contributed by atoms with E-state index in [9.17, 15) is 5.21 Å². The van der Waals surface area contributed by atoms with E-state index in [4.69, 9.17) is 0 Å². The number of allylic oxidation sites excluding steroid dienone is 4.